The van der Waals surface area contributed by atoms with Crippen LogP contribution in [0.3, 0.4) is 0 Å². The first-order valence-corrected chi connectivity index (χ1v) is 7.75. The summed E-state index contributed by atoms with van der Waals surface area (Å²) in [5.74, 6) is 0. The summed E-state index contributed by atoms with van der Waals surface area (Å²) >= 11 is 7.45. The molecule has 1 fully saturated rings. The summed E-state index contributed by atoms with van der Waals surface area (Å²) < 4.78 is 1.88. The lowest BCUT2D eigenvalue weighted by atomic mass is 10.3. The fourth-order valence-corrected chi connectivity index (χ4v) is 3.14. The number of nitrogens with zero attached hydrogens (tertiary/aromatic N) is 3. The highest BCUT2D eigenvalue weighted by molar-refractivity contribution is 7.07. The van der Waals surface area contributed by atoms with Gasteiger partial charge in [0.1, 0.15) is 0 Å². The van der Waals surface area contributed by atoms with Crippen LogP contribution in [0.4, 0.5) is 4.79 Å². The molecule has 4 nitrogen and oxygen atoms in total. The third kappa shape index (κ3) is 2.78. The Labute approximate surface area is 125 Å². The van der Waals surface area contributed by atoms with Crippen molar-refractivity contribution in [3.05, 3.63) is 45.7 Å². The molecule has 2 aromatic rings. The average molecular weight is 308 g/mol. The van der Waals surface area contributed by atoms with E-state index in [0.29, 0.717) is 9.82 Å². The number of urea groups is 1. The number of hydrogen-bond donors (Lipinski definition) is 0. The number of hydrogen-bond acceptors (Lipinski definition) is 2. The summed E-state index contributed by atoms with van der Waals surface area (Å²) in [6.07, 6.45) is 4.03. The zero-order valence-corrected chi connectivity index (χ0v) is 12.4. The lowest BCUT2D eigenvalue weighted by Gasteiger charge is -2.10. The van der Waals surface area contributed by atoms with E-state index in [2.05, 4.69) is 4.99 Å². The zero-order chi connectivity index (χ0) is 13.9. The third-order valence-electron chi connectivity index (χ3n) is 3.24. The second kappa shape index (κ2) is 5.81. The summed E-state index contributed by atoms with van der Waals surface area (Å²) in [7, 11) is 0. The molecule has 1 saturated heterocycles. The van der Waals surface area contributed by atoms with Gasteiger partial charge in [-0.3, -0.25) is 4.57 Å². The molecule has 0 unspecified atom stereocenters. The predicted molar refractivity (Wildman–Crippen MR) is 80.4 cm³/mol. The fraction of sp³-hybridized carbons (Fsp3) is 0.286. The van der Waals surface area contributed by atoms with Crippen LogP contribution in [0.25, 0.3) is 5.69 Å². The third-order valence-corrected chi connectivity index (χ3v) is 4.24. The maximum atomic E-state index is 12.1. The first kappa shape index (κ1) is 13.4. The highest BCUT2D eigenvalue weighted by atomic mass is 35.5. The molecular weight excluding hydrogens is 294 g/mol. The second-order valence-corrected chi connectivity index (χ2v) is 5.93. The van der Waals surface area contributed by atoms with E-state index in [0.717, 1.165) is 31.6 Å². The van der Waals surface area contributed by atoms with Crippen LogP contribution < -0.4 is 4.80 Å². The van der Waals surface area contributed by atoms with E-state index in [4.69, 9.17) is 11.6 Å². The number of halogens is 1. The van der Waals surface area contributed by atoms with Gasteiger partial charge in [-0.25, -0.2) is 4.79 Å². The lowest BCUT2D eigenvalue weighted by molar-refractivity contribution is 0.218. The fourth-order valence-electron chi connectivity index (χ4n) is 2.24. The van der Waals surface area contributed by atoms with Crippen molar-refractivity contribution in [1.29, 1.82) is 0 Å². The van der Waals surface area contributed by atoms with Gasteiger partial charge in [0.05, 0.1) is 0 Å². The molecule has 0 saturated carbocycles. The van der Waals surface area contributed by atoms with E-state index >= 15 is 0 Å². The molecule has 104 valence electrons. The van der Waals surface area contributed by atoms with E-state index in [-0.39, 0.29) is 6.03 Å². The molecule has 0 bridgehead atoms. The minimum atomic E-state index is -0.152. The molecule has 2 heterocycles. The van der Waals surface area contributed by atoms with Crippen LogP contribution >= 0.6 is 22.9 Å². The number of rotatable bonds is 1. The molecule has 1 aliphatic heterocycles. The van der Waals surface area contributed by atoms with E-state index in [1.807, 2.05) is 40.4 Å². The molecule has 0 spiro atoms. The van der Waals surface area contributed by atoms with Gasteiger partial charge in [0, 0.05) is 35.4 Å². The Hall–Kier alpha value is -1.59. The lowest BCUT2D eigenvalue weighted by Crippen LogP contribution is -2.27. The molecule has 0 radical (unpaired) electrons. The van der Waals surface area contributed by atoms with Crippen LogP contribution in [0.5, 0.6) is 0 Å². The minimum Gasteiger partial charge on any atom is -0.323 e. The van der Waals surface area contributed by atoms with Crippen molar-refractivity contribution in [1.82, 2.24) is 9.47 Å². The molecule has 0 N–H and O–H groups in total. The topological polar surface area (TPSA) is 37.6 Å². The highest BCUT2D eigenvalue weighted by Gasteiger charge is 2.17. The molecule has 6 heteroatoms. The largest absolute Gasteiger partial charge is 0.346 e. The Morgan fingerprint density at radius 3 is 2.85 bits per heavy atom. The van der Waals surface area contributed by atoms with Crippen molar-refractivity contribution in [3.63, 3.8) is 0 Å². The molecule has 2 amide bonds. The standard InChI is InChI=1S/C14H14ClN3OS/c15-11-4-3-5-12(10-11)18-8-9-20-14(18)16-13(19)17-6-1-2-7-17/h3-5,8-10H,1-2,6-7H2. The van der Waals surface area contributed by atoms with E-state index < -0.39 is 0 Å². The number of thiazole rings is 1. The summed E-state index contributed by atoms with van der Waals surface area (Å²) in [5.41, 5.74) is 0.909. The summed E-state index contributed by atoms with van der Waals surface area (Å²) in [6.45, 7) is 1.62. The van der Waals surface area contributed by atoms with Gasteiger partial charge in [-0.1, -0.05) is 17.7 Å². The summed E-state index contributed by atoms with van der Waals surface area (Å²) in [4.78, 5) is 18.8. The molecule has 0 aliphatic carbocycles. The SMILES string of the molecule is O=C(N=c1sccn1-c1cccc(Cl)c1)N1CCCC1. The van der Waals surface area contributed by atoms with Crippen molar-refractivity contribution < 1.29 is 4.79 Å². The number of amides is 2. The van der Waals surface area contributed by atoms with Gasteiger partial charge >= 0.3 is 6.03 Å². The predicted octanol–water partition coefficient (Wildman–Crippen LogP) is 3.31. The molecule has 20 heavy (non-hydrogen) atoms. The van der Waals surface area contributed by atoms with Crippen LogP contribution in [0.2, 0.25) is 5.02 Å². The van der Waals surface area contributed by atoms with Crippen molar-refractivity contribution in [2.75, 3.05) is 13.1 Å². The molecule has 1 aromatic heterocycles. The quantitative estimate of drug-likeness (QED) is 0.796. The van der Waals surface area contributed by atoms with E-state index in [9.17, 15) is 4.79 Å². The Morgan fingerprint density at radius 1 is 1.30 bits per heavy atom. The van der Waals surface area contributed by atoms with Crippen LogP contribution in [-0.2, 0) is 0 Å². The highest BCUT2D eigenvalue weighted by Crippen LogP contribution is 2.14. The molecule has 1 aliphatic rings. The molecule has 0 atom stereocenters. The van der Waals surface area contributed by atoms with E-state index in [1.165, 1.54) is 11.3 Å². The van der Waals surface area contributed by atoms with Gasteiger partial charge < -0.3 is 4.90 Å². The van der Waals surface area contributed by atoms with Crippen molar-refractivity contribution in [3.8, 4) is 5.69 Å². The smallest absolute Gasteiger partial charge is 0.323 e. The Morgan fingerprint density at radius 2 is 2.10 bits per heavy atom. The Balaban J connectivity index is 1.95. The average Bonchev–Trinajstić information content (AvgIpc) is 3.09. The molecule has 1 aromatic carbocycles. The maximum absolute atomic E-state index is 12.1. The number of carbonyl (C=O) groups excluding carboxylic acids is 1. The minimum absolute atomic E-state index is 0.152. The van der Waals surface area contributed by atoms with Gasteiger partial charge in [0.25, 0.3) is 0 Å². The number of likely N-dealkylation sites (tertiary alicyclic amines) is 1. The summed E-state index contributed by atoms with van der Waals surface area (Å²) in [5, 5.41) is 2.58. The number of benzene rings is 1. The zero-order valence-electron chi connectivity index (χ0n) is 10.8. The van der Waals surface area contributed by atoms with Crippen LogP contribution in [0, 0.1) is 0 Å². The van der Waals surface area contributed by atoms with Crippen LogP contribution in [0.15, 0.2) is 40.8 Å². The van der Waals surface area contributed by atoms with Gasteiger partial charge in [0.15, 0.2) is 4.80 Å². The van der Waals surface area contributed by atoms with Crippen LogP contribution in [-0.4, -0.2) is 28.6 Å². The Bertz CT molecular complexity index is 685. The molecular formula is C14H14ClN3OS. The van der Waals surface area contributed by atoms with Crippen molar-refractivity contribution in [2.45, 2.75) is 12.8 Å². The molecule has 3 rings (SSSR count). The number of carbonyl (C=O) groups is 1. The monoisotopic (exact) mass is 307 g/mol. The first-order valence-electron chi connectivity index (χ1n) is 6.50. The van der Waals surface area contributed by atoms with Crippen molar-refractivity contribution in [2.24, 2.45) is 4.99 Å². The number of aromatic nitrogens is 1. The van der Waals surface area contributed by atoms with Gasteiger partial charge in [0.2, 0.25) is 0 Å². The Kier molecular flexibility index (Phi) is 3.89. The van der Waals surface area contributed by atoms with Gasteiger partial charge in [-0.2, -0.15) is 4.99 Å². The van der Waals surface area contributed by atoms with E-state index in [1.54, 1.807) is 4.90 Å². The van der Waals surface area contributed by atoms with Gasteiger partial charge in [-0.05, 0) is 31.0 Å². The summed E-state index contributed by atoms with van der Waals surface area (Å²) in [6, 6.07) is 7.35. The second-order valence-electron chi connectivity index (χ2n) is 4.62. The normalized spacial score (nSPS) is 15.8. The maximum Gasteiger partial charge on any atom is 0.346 e. The first-order chi connectivity index (χ1) is 9.74. The van der Waals surface area contributed by atoms with Gasteiger partial charge in [-0.15, -0.1) is 11.3 Å². The van der Waals surface area contributed by atoms with Crippen LogP contribution in [0.1, 0.15) is 12.8 Å². The van der Waals surface area contributed by atoms with Crippen molar-refractivity contribution >= 4 is 29.0 Å².